The summed E-state index contributed by atoms with van der Waals surface area (Å²) in [5, 5.41) is 7.28. The number of aryl methyl sites for hydroxylation is 1. The van der Waals surface area contributed by atoms with Crippen molar-refractivity contribution < 1.29 is 0 Å². The molecule has 2 N–H and O–H groups in total. The fourth-order valence-corrected chi connectivity index (χ4v) is 1.34. The fourth-order valence-electron chi connectivity index (χ4n) is 1.34. The number of aromatic amines is 1. The number of hydrogen-bond acceptors (Lipinski definition) is 2. The number of H-pyrrole nitrogens is 1. The van der Waals surface area contributed by atoms with E-state index in [0.717, 1.165) is 17.1 Å². The van der Waals surface area contributed by atoms with Gasteiger partial charge in [-0.1, -0.05) is 0 Å². The first-order valence-electron chi connectivity index (χ1n) is 4.16. The molecule has 13 heavy (non-hydrogen) atoms. The minimum Gasteiger partial charge on any atom is -0.372 e. The maximum absolute atomic E-state index is 4.28. The minimum atomic E-state index is 0.888. The molecule has 0 spiro atoms. The Labute approximate surface area is 76.6 Å². The van der Waals surface area contributed by atoms with Crippen LogP contribution in [0.4, 0.5) is 5.82 Å². The Balaban J connectivity index is 2.46. The highest BCUT2D eigenvalue weighted by Crippen LogP contribution is 2.20. The standard InChI is InChI=1S/C9H12N4/c1-10-9-5-8(13(2)12-9)7-3-4-11-6-7/h3-6,11H,1-2H3,(H,10,12). The van der Waals surface area contributed by atoms with Gasteiger partial charge in [0.1, 0.15) is 5.82 Å². The van der Waals surface area contributed by atoms with Gasteiger partial charge in [-0.25, -0.2) is 0 Å². The van der Waals surface area contributed by atoms with Crippen molar-refractivity contribution in [3.63, 3.8) is 0 Å². The molecule has 0 unspecified atom stereocenters. The van der Waals surface area contributed by atoms with Gasteiger partial charge in [0.25, 0.3) is 0 Å². The van der Waals surface area contributed by atoms with Gasteiger partial charge in [0.2, 0.25) is 0 Å². The molecule has 0 aromatic carbocycles. The van der Waals surface area contributed by atoms with Crippen LogP contribution >= 0.6 is 0 Å². The van der Waals surface area contributed by atoms with Gasteiger partial charge in [-0.15, -0.1) is 0 Å². The Bertz CT molecular complexity index is 386. The molecule has 0 atom stereocenters. The van der Waals surface area contributed by atoms with Crippen molar-refractivity contribution >= 4 is 5.82 Å². The zero-order valence-corrected chi connectivity index (χ0v) is 7.70. The van der Waals surface area contributed by atoms with Crippen LogP contribution in [0.25, 0.3) is 11.3 Å². The number of nitrogens with one attached hydrogen (secondary N) is 2. The first-order valence-corrected chi connectivity index (χ1v) is 4.16. The van der Waals surface area contributed by atoms with Gasteiger partial charge in [-0.2, -0.15) is 5.10 Å². The Morgan fingerprint density at radius 2 is 2.38 bits per heavy atom. The van der Waals surface area contributed by atoms with Gasteiger partial charge in [-0.05, 0) is 6.07 Å². The molecule has 4 heteroatoms. The maximum atomic E-state index is 4.28. The van der Waals surface area contributed by atoms with Crippen LogP contribution in [-0.4, -0.2) is 21.8 Å². The van der Waals surface area contributed by atoms with E-state index in [4.69, 9.17) is 0 Å². The summed E-state index contributed by atoms with van der Waals surface area (Å²) < 4.78 is 1.86. The second-order valence-corrected chi connectivity index (χ2v) is 2.89. The Hall–Kier alpha value is -1.71. The molecule has 0 aliphatic rings. The number of nitrogens with zero attached hydrogens (tertiary/aromatic N) is 2. The summed E-state index contributed by atoms with van der Waals surface area (Å²) in [4.78, 5) is 3.02. The molecule has 68 valence electrons. The molecule has 0 saturated carbocycles. The van der Waals surface area contributed by atoms with Crippen molar-refractivity contribution in [1.29, 1.82) is 0 Å². The molecule has 0 amide bonds. The topological polar surface area (TPSA) is 45.6 Å². The third kappa shape index (κ3) is 1.30. The predicted octanol–water partition coefficient (Wildman–Crippen LogP) is 1.46. The highest BCUT2D eigenvalue weighted by atomic mass is 15.3. The Morgan fingerprint density at radius 1 is 1.54 bits per heavy atom. The van der Waals surface area contributed by atoms with E-state index in [0.29, 0.717) is 0 Å². The van der Waals surface area contributed by atoms with Gasteiger partial charge < -0.3 is 10.3 Å². The molecule has 2 aromatic rings. The summed E-state index contributed by atoms with van der Waals surface area (Å²) in [6.07, 6.45) is 3.86. The first-order chi connectivity index (χ1) is 6.31. The van der Waals surface area contributed by atoms with E-state index < -0.39 is 0 Å². The summed E-state index contributed by atoms with van der Waals surface area (Å²) in [5.74, 6) is 0.888. The zero-order valence-electron chi connectivity index (χ0n) is 7.70. The van der Waals surface area contributed by atoms with E-state index in [1.165, 1.54) is 0 Å². The van der Waals surface area contributed by atoms with Crippen molar-refractivity contribution in [1.82, 2.24) is 14.8 Å². The Kier molecular flexibility index (Phi) is 1.81. The second-order valence-electron chi connectivity index (χ2n) is 2.89. The summed E-state index contributed by atoms with van der Waals surface area (Å²) in [6.45, 7) is 0. The van der Waals surface area contributed by atoms with E-state index in [-0.39, 0.29) is 0 Å². The number of hydrogen-bond donors (Lipinski definition) is 2. The predicted molar refractivity (Wildman–Crippen MR) is 52.5 cm³/mol. The monoisotopic (exact) mass is 176 g/mol. The molecule has 2 rings (SSSR count). The molecule has 4 nitrogen and oxygen atoms in total. The van der Waals surface area contributed by atoms with Crippen LogP contribution in [0, 0.1) is 0 Å². The van der Waals surface area contributed by atoms with Crippen LogP contribution in [-0.2, 0) is 7.05 Å². The summed E-state index contributed by atoms with van der Waals surface area (Å²) in [5.41, 5.74) is 2.25. The van der Waals surface area contributed by atoms with Crippen LogP contribution in [0.2, 0.25) is 0 Å². The maximum Gasteiger partial charge on any atom is 0.148 e. The third-order valence-electron chi connectivity index (χ3n) is 2.03. The van der Waals surface area contributed by atoms with Gasteiger partial charge in [-0.3, -0.25) is 4.68 Å². The van der Waals surface area contributed by atoms with E-state index in [1.807, 2.05) is 43.3 Å². The van der Waals surface area contributed by atoms with Crippen molar-refractivity contribution in [2.75, 3.05) is 12.4 Å². The molecule has 0 radical (unpaired) electrons. The molecule has 0 aliphatic carbocycles. The van der Waals surface area contributed by atoms with Gasteiger partial charge >= 0.3 is 0 Å². The average Bonchev–Trinajstić information content (AvgIpc) is 2.72. The lowest BCUT2D eigenvalue weighted by molar-refractivity contribution is 0.779. The van der Waals surface area contributed by atoms with Crippen LogP contribution in [0.1, 0.15) is 0 Å². The van der Waals surface area contributed by atoms with Crippen molar-refractivity contribution in [3.8, 4) is 11.3 Å². The average molecular weight is 176 g/mol. The minimum absolute atomic E-state index is 0.888. The molecule has 0 bridgehead atoms. The summed E-state index contributed by atoms with van der Waals surface area (Å²) in [6, 6.07) is 4.04. The number of anilines is 1. The molecule has 0 saturated heterocycles. The molecule has 2 aromatic heterocycles. The van der Waals surface area contributed by atoms with E-state index in [1.54, 1.807) is 0 Å². The molecule has 0 fully saturated rings. The van der Waals surface area contributed by atoms with E-state index in [2.05, 4.69) is 15.4 Å². The zero-order chi connectivity index (χ0) is 9.26. The summed E-state index contributed by atoms with van der Waals surface area (Å²) >= 11 is 0. The lowest BCUT2D eigenvalue weighted by Crippen LogP contribution is -1.94. The second kappa shape index (κ2) is 2.97. The smallest absolute Gasteiger partial charge is 0.148 e. The van der Waals surface area contributed by atoms with E-state index >= 15 is 0 Å². The highest BCUT2D eigenvalue weighted by Gasteiger charge is 2.05. The third-order valence-corrected chi connectivity index (χ3v) is 2.03. The van der Waals surface area contributed by atoms with Gasteiger partial charge in [0.05, 0.1) is 5.69 Å². The fraction of sp³-hybridized carbons (Fsp3) is 0.222. The molecule has 2 heterocycles. The van der Waals surface area contributed by atoms with Crippen molar-refractivity contribution in [3.05, 3.63) is 24.5 Å². The molecular formula is C9H12N4. The highest BCUT2D eigenvalue weighted by molar-refractivity contribution is 5.62. The van der Waals surface area contributed by atoms with Crippen molar-refractivity contribution in [2.24, 2.45) is 7.05 Å². The van der Waals surface area contributed by atoms with Gasteiger partial charge in [0, 0.05) is 38.1 Å². The largest absolute Gasteiger partial charge is 0.372 e. The molecule has 0 aliphatic heterocycles. The van der Waals surface area contributed by atoms with Crippen LogP contribution in [0.5, 0.6) is 0 Å². The van der Waals surface area contributed by atoms with Gasteiger partial charge in [0.15, 0.2) is 0 Å². The van der Waals surface area contributed by atoms with Crippen LogP contribution < -0.4 is 5.32 Å². The molecular weight excluding hydrogens is 164 g/mol. The van der Waals surface area contributed by atoms with Crippen LogP contribution in [0.15, 0.2) is 24.5 Å². The normalized spacial score (nSPS) is 10.3. The van der Waals surface area contributed by atoms with Crippen LogP contribution in [0.3, 0.4) is 0 Å². The SMILES string of the molecule is CNc1cc(-c2cc[nH]c2)n(C)n1. The van der Waals surface area contributed by atoms with E-state index in [9.17, 15) is 0 Å². The summed E-state index contributed by atoms with van der Waals surface area (Å²) in [7, 11) is 3.80. The number of aromatic nitrogens is 3. The lowest BCUT2D eigenvalue weighted by Gasteiger charge is -1.95. The first kappa shape index (κ1) is 7.91. The number of rotatable bonds is 2. The Morgan fingerprint density at radius 3 is 2.92 bits per heavy atom. The quantitative estimate of drug-likeness (QED) is 0.727. The lowest BCUT2D eigenvalue weighted by atomic mass is 10.2. The van der Waals surface area contributed by atoms with Crippen molar-refractivity contribution in [2.45, 2.75) is 0 Å².